The Hall–Kier alpha value is -3.95. The van der Waals surface area contributed by atoms with Crippen molar-refractivity contribution in [3.63, 3.8) is 0 Å². The second kappa shape index (κ2) is 15.0. The van der Waals surface area contributed by atoms with Gasteiger partial charge in [0.2, 0.25) is 23.6 Å². The third kappa shape index (κ3) is 12.8. The Morgan fingerprint density at radius 2 is 1.26 bits per heavy atom. The molecule has 0 saturated carbocycles. The van der Waals surface area contributed by atoms with Crippen molar-refractivity contribution in [2.75, 3.05) is 6.54 Å². The fourth-order valence-electron chi connectivity index (χ4n) is 2.50. The number of carbonyl (C=O) groups is 6. The maximum atomic E-state index is 12.5. The number of guanidine groups is 1. The first-order chi connectivity index (χ1) is 16.1. The van der Waals surface area contributed by atoms with Gasteiger partial charge in [-0.25, -0.2) is 0 Å². The van der Waals surface area contributed by atoms with Gasteiger partial charge in [0.05, 0.1) is 12.5 Å². The molecule has 0 fully saturated rings. The van der Waals surface area contributed by atoms with Crippen molar-refractivity contribution in [3.8, 4) is 0 Å². The van der Waals surface area contributed by atoms with E-state index in [4.69, 9.17) is 27.4 Å². The molecule has 0 bridgehead atoms. The fourth-order valence-corrected chi connectivity index (χ4v) is 2.50. The molecule has 12 N–H and O–H groups in total. The molecule has 5 atom stereocenters. The number of hydrogen-bond acceptors (Lipinski definition) is 8. The maximum absolute atomic E-state index is 12.5. The summed E-state index contributed by atoms with van der Waals surface area (Å²) in [6.45, 7) is 4.03. The summed E-state index contributed by atoms with van der Waals surface area (Å²) in [4.78, 5) is 74.9. The summed E-state index contributed by atoms with van der Waals surface area (Å²) in [5.41, 5.74) is 16.2. The van der Waals surface area contributed by atoms with Crippen LogP contribution in [0.2, 0.25) is 0 Å². The van der Waals surface area contributed by atoms with Gasteiger partial charge in [0, 0.05) is 6.54 Å². The number of hydrogen-bond donors (Lipinski definition) is 9. The molecular weight excluding hydrogens is 468 g/mol. The van der Waals surface area contributed by atoms with Crippen molar-refractivity contribution in [2.45, 2.75) is 70.2 Å². The first-order valence-corrected chi connectivity index (χ1v) is 10.6. The van der Waals surface area contributed by atoms with Gasteiger partial charge in [0.1, 0.15) is 24.2 Å². The SMILES string of the molecule is C[C@H](NC(=O)[C@H](C)NC(=O)[C@H](CC(=O)O)NC(=O)[C@H](C)NC(=O)[C@@H](N)CCCN=C(N)N)C(=O)O. The molecule has 0 aliphatic carbocycles. The van der Waals surface area contributed by atoms with E-state index in [1.54, 1.807) is 0 Å². The Bertz CT molecular complexity index is 830. The predicted molar refractivity (Wildman–Crippen MR) is 123 cm³/mol. The highest BCUT2D eigenvalue weighted by molar-refractivity contribution is 5.96. The molecule has 4 amide bonds. The molecule has 0 aliphatic rings. The number of aliphatic carboxylic acids is 2. The molecule has 0 aliphatic heterocycles. The molecule has 0 spiro atoms. The quantitative estimate of drug-likeness (QED) is 0.0589. The monoisotopic (exact) mass is 502 g/mol. The van der Waals surface area contributed by atoms with Crippen LogP contribution in [-0.4, -0.2) is 88.5 Å². The van der Waals surface area contributed by atoms with Gasteiger partial charge in [-0.1, -0.05) is 0 Å². The second-order valence-corrected chi connectivity index (χ2v) is 7.74. The summed E-state index contributed by atoms with van der Waals surface area (Å²) in [5, 5.41) is 26.8. The Morgan fingerprint density at radius 1 is 0.771 bits per heavy atom. The van der Waals surface area contributed by atoms with Crippen LogP contribution in [0.5, 0.6) is 0 Å². The number of nitrogens with one attached hydrogen (secondary N) is 4. The van der Waals surface area contributed by atoms with Crippen molar-refractivity contribution in [3.05, 3.63) is 0 Å². The number of aliphatic imine (C=N–C) groups is 1. The van der Waals surface area contributed by atoms with Gasteiger partial charge < -0.3 is 48.7 Å². The molecule has 0 aromatic carbocycles. The average Bonchev–Trinajstić information content (AvgIpc) is 2.74. The van der Waals surface area contributed by atoms with E-state index in [1.165, 1.54) is 20.8 Å². The second-order valence-electron chi connectivity index (χ2n) is 7.74. The van der Waals surface area contributed by atoms with E-state index in [-0.39, 0.29) is 18.9 Å². The minimum atomic E-state index is -1.58. The topological polar surface area (TPSA) is 281 Å². The van der Waals surface area contributed by atoms with Crippen LogP contribution in [0.3, 0.4) is 0 Å². The van der Waals surface area contributed by atoms with Crippen LogP contribution in [0.15, 0.2) is 4.99 Å². The summed E-state index contributed by atoms with van der Waals surface area (Å²) < 4.78 is 0. The molecule has 0 aromatic rings. The number of rotatable bonds is 15. The van der Waals surface area contributed by atoms with E-state index in [9.17, 15) is 28.8 Å². The largest absolute Gasteiger partial charge is 0.481 e. The van der Waals surface area contributed by atoms with Crippen LogP contribution in [0.4, 0.5) is 0 Å². The Balaban J connectivity index is 4.97. The van der Waals surface area contributed by atoms with Crippen molar-refractivity contribution >= 4 is 41.5 Å². The standard InChI is InChI=1S/C19H34N8O8/c1-8(14(30)26-10(3)18(34)35)25-17(33)12(7-13(28)29)27-15(31)9(2)24-16(32)11(20)5-4-6-23-19(21)22/h8-12H,4-7,20H2,1-3H3,(H,24,32)(H,25,33)(H,26,30)(H,27,31)(H,28,29)(H,34,35)(H4,21,22,23)/t8-,9-,10-,11-,12-/m0/s1. The van der Waals surface area contributed by atoms with E-state index in [1.807, 2.05) is 0 Å². The van der Waals surface area contributed by atoms with Crippen LogP contribution in [0.1, 0.15) is 40.0 Å². The van der Waals surface area contributed by atoms with E-state index in [0.717, 1.165) is 0 Å². The van der Waals surface area contributed by atoms with Gasteiger partial charge in [-0.15, -0.1) is 0 Å². The predicted octanol–water partition coefficient (Wildman–Crippen LogP) is -4.07. The number of nitrogens with two attached hydrogens (primary N) is 3. The maximum Gasteiger partial charge on any atom is 0.325 e. The highest BCUT2D eigenvalue weighted by Gasteiger charge is 2.29. The first kappa shape index (κ1) is 31.0. The van der Waals surface area contributed by atoms with Crippen molar-refractivity contribution < 1.29 is 39.0 Å². The van der Waals surface area contributed by atoms with Crippen LogP contribution in [-0.2, 0) is 28.8 Å². The van der Waals surface area contributed by atoms with Crippen LogP contribution in [0, 0.1) is 0 Å². The zero-order valence-electron chi connectivity index (χ0n) is 19.7. The lowest BCUT2D eigenvalue weighted by Gasteiger charge is -2.23. The number of nitrogens with zero attached hydrogens (tertiary/aromatic N) is 1. The van der Waals surface area contributed by atoms with E-state index >= 15 is 0 Å². The van der Waals surface area contributed by atoms with Gasteiger partial charge in [0.25, 0.3) is 0 Å². The summed E-state index contributed by atoms with van der Waals surface area (Å²) in [6.07, 6.45) is -0.186. The van der Waals surface area contributed by atoms with Gasteiger partial charge in [-0.05, 0) is 33.6 Å². The van der Waals surface area contributed by atoms with Crippen molar-refractivity contribution in [1.82, 2.24) is 21.3 Å². The molecule has 0 heterocycles. The Morgan fingerprint density at radius 3 is 1.74 bits per heavy atom. The summed E-state index contributed by atoms with van der Waals surface area (Å²) in [6, 6.07) is -6.18. The van der Waals surface area contributed by atoms with E-state index in [0.29, 0.717) is 6.42 Å². The summed E-state index contributed by atoms with van der Waals surface area (Å²) in [5.74, 6) is -6.17. The van der Waals surface area contributed by atoms with Crippen LogP contribution < -0.4 is 38.5 Å². The molecule has 0 saturated heterocycles. The van der Waals surface area contributed by atoms with E-state index < -0.39 is 72.2 Å². The van der Waals surface area contributed by atoms with Gasteiger partial charge >= 0.3 is 11.9 Å². The Kier molecular flexibility index (Phi) is 13.4. The molecule has 0 radical (unpaired) electrons. The number of carbonyl (C=O) groups excluding carboxylic acids is 4. The minimum Gasteiger partial charge on any atom is -0.481 e. The summed E-state index contributed by atoms with van der Waals surface area (Å²) >= 11 is 0. The zero-order chi connectivity index (χ0) is 27.3. The molecule has 0 rings (SSSR count). The van der Waals surface area contributed by atoms with Crippen molar-refractivity contribution in [2.24, 2.45) is 22.2 Å². The lowest BCUT2D eigenvalue weighted by Crippen LogP contribution is -2.57. The van der Waals surface area contributed by atoms with Crippen LogP contribution >= 0.6 is 0 Å². The first-order valence-electron chi connectivity index (χ1n) is 10.6. The smallest absolute Gasteiger partial charge is 0.325 e. The van der Waals surface area contributed by atoms with Gasteiger partial charge in [0.15, 0.2) is 5.96 Å². The lowest BCUT2D eigenvalue weighted by molar-refractivity contribution is -0.143. The molecule has 16 nitrogen and oxygen atoms in total. The van der Waals surface area contributed by atoms with E-state index in [2.05, 4.69) is 26.3 Å². The molecular formula is C19H34N8O8. The molecule has 35 heavy (non-hydrogen) atoms. The lowest BCUT2D eigenvalue weighted by atomic mass is 10.1. The number of amides is 4. The number of carboxylic acid groups (broad SMARTS) is 2. The van der Waals surface area contributed by atoms with Crippen molar-refractivity contribution in [1.29, 1.82) is 0 Å². The average molecular weight is 503 g/mol. The zero-order valence-corrected chi connectivity index (χ0v) is 19.7. The van der Waals surface area contributed by atoms with Crippen LogP contribution in [0.25, 0.3) is 0 Å². The highest BCUT2D eigenvalue weighted by atomic mass is 16.4. The molecule has 0 aromatic heterocycles. The van der Waals surface area contributed by atoms with Gasteiger partial charge in [-0.3, -0.25) is 33.8 Å². The fraction of sp³-hybridized carbons (Fsp3) is 0.632. The Labute approximate surface area is 201 Å². The molecule has 16 heteroatoms. The minimum absolute atomic E-state index is 0.0990. The summed E-state index contributed by atoms with van der Waals surface area (Å²) in [7, 11) is 0. The third-order valence-corrected chi connectivity index (χ3v) is 4.55. The normalized spacial score (nSPS) is 14.7. The highest BCUT2D eigenvalue weighted by Crippen LogP contribution is 1.99. The molecule has 0 unspecified atom stereocenters. The van der Waals surface area contributed by atoms with Gasteiger partial charge in [-0.2, -0.15) is 0 Å². The third-order valence-electron chi connectivity index (χ3n) is 4.55. The molecule has 198 valence electrons. The number of carboxylic acids is 2.